The number of aromatic nitrogens is 1. The lowest BCUT2D eigenvalue weighted by molar-refractivity contribution is -0.153. The number of hydrogen-bond donors (Lipinski definition) is 2. The Morgan fingerprint density at radius 2 is 1.92 bits per heavy atom. The van der Waals surface area contributed by atoms with Crippen LogP contribution in [0.1, 0.15) is 39.0 Å². The minimum Gasteiger partial charge on any atom is -0.541 e. The standard InChI is InChI=1S/C29H30BClIN5O10S2/c1-13(25(40)46-30)47-36-18(17-21(31)49-27(34-17)35-28(42)45-29(2,3)4)22(38)33-19-23(39)37-20(15(10-32)12-48-24(19)37)26(41)44-11-14-6-8-16(43-5)9-7-14/h6-9,13,19,24H,10-12H2,1-5H3,(H,33,38)(H,34,35,42)/t13-,19?,24?/m0/s1. The predicted octanol–water partition coefficient (Wildman–Crippen LogP) is 3.72. The number of β-lactam (4-membered cyclic amide) rings is 1. The first-order chi connectivity index (χ1) is 23.2. The summed E-state index contributed by atoms with van der Waals surface area (Å²) >= 11 is 10.7. The molecule has 49 heavy (non-hydrogen) atoms. The van der Waals surface area contributed by atoms with Gasteiger partial charge in [0.1, 0.15) is 45.1 Å². The quantitative estimate of drug-likeness (QED) is 0.0602. The Bertz CT molecular complexity index is 1680. The number of fused-ring (bicyclic) bond motifs is 1. The number of carbonyl (C=O) groups is 5. The number of oxime groups is 1. The smallest absolute Gasteiger partial charge is 0.413 e. The summed E-state index contributed by atoms with van der Waals surface area (Å²) in [5, 5.41) is 8.13. The van der Waals surface area contributed by atoms with Crippen LogP contribution in [0.4, 0.5) is 9.93 Å². The molecule has 1 aromatic carbocycles. The van der Waals surface area contributed by atoms with Crippen molar-refractivity contribution in [3.05, 3.63) is 51.1 Å². The van der Waals surface area contributed by atoms with E-state index in [9.17, 15) is 24.0 Å². The van der Waals surface area contributed by atoms with E-state index in [0.717, 1.165) is 16.9 Å². The number of benzene rings is 1. The summed E-state index contributed by atoms with van der Waals surface area (Å²) < 4.78 is 20.5. The number of nitrogens with zero attached hydrogens (tertiary/aromatic N) is 3. The zero-order chi connectivity index (χ0) is 36.0. The van der Waals surface area contributed by atoms with Crippen LogP contribution in [0.2, 0.25) is 4.34 Å². The third kappa shape index (κ3) is 9.37. The number of ether oxygens (including phenoxy) is 3. The number of nitrogens with one attached hydrogen (secondary N) is 2. The van der Waals surface area contributed by atoms with E-state index in [1.54, 1.807) is 52.1 Å². The maximum Gasteiger partial charge on any atom is 0.413 e. The molecular weight excluding hydrogens is 816 g/mol. The van der Waals surface area contributed by atoms with Crippen molar-refractivity contribution in [2.45, 2.75) is 57.4 Å². The van der Waals surface area contributed by atoms with Crippen LogP contribution >= 0.6 is 57.3 Å². The van der Waals surface area contributed by atoms with Crippen LogP contribution in [0.3, 0.4) is 0 Å². The molecule has 20 heteroatoms. The van der Waals surface area contributed by atoms with Crippen LogP contribution in [0.25, 0.3) is 0 Å². The van der Waals surface area contributed by atoms with E-state index in [-0.39, 0.29) is 27.5 Å². The number of thioether (sulfide) groups is 1. The van der Waals surface area contributed by atoms with E-state index in [2.05, 4.69) is 48.0 Å². The fourth-order valence-electron chi connectivity index (χ4n) is 4.28. The number of halogens is 2. The van der Waals surface area contributed by atoms with Gasteiger partial charge in [-0.3, -0.25) is 19.8 Å². The van der Waals surface area contributed by atoms with Crippen LogP contribution in [0, 0.1) is 0 Å². The van der Waals surface area contributed by atoms with Crippen molar-refractivity contribution in [3.63, 3.8) is 0 Å². The van der Waals surface area contributed by atoms with Crippen molar-refractivity contribution >= 4 is 106 Å². The molecule has 3 amide bonds. The molecule has 260 valence electrons. The zero-order valence-corrected chi connectivity index (χ0v) is 31.3. The third-order valence-electron chi connectivity index (χ3n) is 6.60. The molecule has 2 aromatic rings. The van der Waals surface area contributed by atoms with Gasteiger partial charge in [0.05, 0.1) is 7.11 Å². The molecule has 4 rings (SSSR count). The van der Waals surface area contributed by atoms with Crippen molar-refractivity contribution in [1.29, 1.82) is 0 Å². The van der Waals surface area contributed by atoms with Crippen LogP contribution < -0.4 is 15.4 Å². The predicted molar refractivity (Wildman–Crippen MR) is 190 cm³/mol. The van der Waals surface area contributed by atoms with Gasteiger partial charge in [0, 0.05) is 10.2 Å². The number of methoxy groups -OCH3 is 1. The lowest BCUT2D eigenvalue weighted by Gasteiger charge is -2.49. The Morgan fingerprint density at radius 3 is 2.53 bits per heavy atom. The second kappa shape index (κ2) is 16.4. The van der Waals surface area contributed by atoms with Gasteiger partial charge in [-0.15, -0.1) is 11.8 Å². The first kappa shape index (κ1) is 38.3. The molecule has 2 radical (unpaired) electrons. The number of carbonyl (C=O) groups excluding carboxylic acids is 5. The molecule has 1 saturated heterocycles. The highest BCUT2D eigenvalue weighted by atomic mass is 127. The van der Waals surface area contributed by atoms with E-state index < -0.39 is 58.7 Å². The fourth-order valence-corrected chi connectivity index (χ4v) is 7.65. The molecule has 15 nitrogen and oxygen atoms in total. The molecule has 3 heterocycles. The van der Waals surface area contributed by atoms with Gasteiger partial charge in [-0.05, 0) is 51.0 Å². The maximum absolute atomic E-state index is 13.7. The van der Waals surface area contributed by atoms with E-state index >= 15 is 0 Å². The maximum atomic E-state index is 13.7. The largest absolute Gasteiger partial charge is 0.541 e. The Balaban J connectivity index is 1.53. The van der Waals surface area contributed by atoms with Crippen LogP contribution in [0.5, 0.6) is 5.75 Å². The summed E-state index contributed by atoms with van der Waals surface area (Å²) in [4.78, 5) is 75.2. The topological polar surface area (TPSA) is 184 Å². The SMILES string of the molecule is [B]OC(=O)[C@H](C)ON=C(C(=O)NC1C(=O)N2C(C(=O)OCc3ccc(OC)cc3)=C(CI)CSC12)c1nc(NC(=O)OC(C)(C)C)sc1Cl. The van der Waals surface area contributed by atoms with E-state index in [4.69, 9.17) is 38.7 Å². The van der Waals surface area contributed by atoms with Crippen molar-refractivity contribution in [2.24, 2.45) is 5.16 Å². The van der Waals surface area contributed by atoms with E-state index in [1.807, 2.05) is 0 Å². The lowest BCUT2D eigenvalue weighted by atomic mass is 10.0. The number of anilines is 1. The minimum absolute atomic E-state index is 0.0318. The molecule has 3 atom stereocenters. The highest BCUT2D eigenvalue weighted by molar-refractivity contribution is 14.1. The van der Waals surface area contributed by atoms with Gasteiger partial charge in [0.2, 0.25) is 6.10 Å². The second-order valence-electron chi connectivity index (χ2n) is 11.3. The van der Waals surface area contributed by atoms with Gasteiger partial charge in [-0.1, -0.05) is 62.8 Å². The first-order valence-electron chi connectivity index (χ1n) is 14.3. The Hall–Kier alpha value is -3.56. The number of hydrogen-bond acceptors (Lipinski definition) is 14. The molecule has 2 aliphatic heterocycles. The molecule has 0 spiro atoms. The van der Waals surface area contributed by atoms with Gasteiger partial charge in [0.15, 0.2) is 10.8 Å². The van der Waals surface area contributed by atoms with Gasteiger partial charge in [-0.25, -0.2) is 19.4 Å². The molecule has 2 unspecified atom stereocenters. The zero-order valence-electron chi connectivity index (χ0n) is 26.7. The number of thiazole rings is 1. The average molecular weight is 846 g/mol. The summed E-state index contributed by atoms with van der Waals surface area (Å²) in [7, 11) is 6.47. The monoisotopic (exact) mass is 845 g/mol. The summed E-state index contributed by atoms with van der Waals surface area (Å²) in [6.45, 7) is 6.26. The summed E-state index contributed by atoms with van der Waals surface area (Å²) in [5.41, 5.74) is -0.00401. The van der Waals surface area contributed by atoms with Gasteiger partial charge in [-0.2, -0.15) is 0 Å². The summed E-state index contributed by atoms with van der Waals surface area (Å²) in [6.07, 6.45) is -2.17. The van der Waals surface area contributed by atoms with Crippen molar-refractivity contribution in [1.82, 2.24) is 15.2 Å². The molecule has 1 aromatic heterocycles. The normalized spacial score (nSPS) is 18.1. The van der Waals surface area contributed by atoms with Crippen LogP contribution in [-0.4, -0.2) is 93.9 Å². The summed E-state index contributed by atoms with van der Waals surface area (Å²) in [6, 6.07) is 5.90. The fraction of sp³-hybridized carbons (Fsp3) is 0.414. The van der Waals surface area contributed by atoms with Crippen molar-refractivity contribution in [2.75, 3.05) is 22.6 Å². The molecule has 0 bridgehead atoms. The van der Waals surface area contributed by atoms with E-state index in [0.29, 0.717) is 21.5 Å². The Kier molecular flexibility index (Phi) is 12.8. The minimum atomic E-state index is -1.34. The van der Waals surface area contributed by atoms with Crippen LogP contribution in [-0.2, 0) is 44.8 Å². The van der Waals surface area contributed by atoms with Gasteiger partial charge < -0.3 is 29.0 Å². The lowest BCUT2D eigenvalue weighted by Crippen LogP contribution is -2.71. The molecule has 2 N–H and O–H groups in total. The molecule has 2 aliphatic rings. The van der Waals surface area contributed by atoms with E-state index in [1.165, 1.54) is 23.6 Å². The molecular formula is C29H30BClIN5O10S2. The highest BCUT2D eigenvalue weighted by Gasteiger charge is 2.54. The number of esters is 1. The summed E-state index contributed by atoms with van der Waals surface area (Å²) in [5.74, 6) is -2.14. The van der Waals surface area contributed by atoms with Crippen LogP contribution in [0.15, 0.2) is 40.7 Å². The number of amides is 3. The number of rotatable bonds is 12. The molecule has 0 saturated carbocycles. The molecule has 0 aliphatic carbocycles. The Labute approximate surface area is 309 Å². The average Bonchev–Trinajstić information content (AvgIpc) is 3.42. The third-order valence-corrected chi connectivity index (χ3v) is 10.0. The van der Waals surface area contributed by atoms with Crippen molar-refractivity contribution in [3.8, 4) is 5.75 Å². The Morgan fingerprint density at radius 1 is 1.22 bits per heavy atom. The first-order valence-corrected chi connectivity index (χ1v) is 18.1. The van der Waals surface area contributed by atoms with Gasteiger partial charge >= 0.3 is 26.1 Å². The second-order valence-corrected chi connectivity index (χ2v) is 14.7. The van der Waals surface area contributed by atoms with Gasteiger partial charge in [0.25, 0.3) is 11.8 Å². The number of alkyl halides is 1. The highest BCUT2D eigenvalue weighted by Crippen LogP contribution is 2.41. The van der Waals surface area contributed by atoms with Crippen molar-refractivity contribution < 1.29 is 47.7 Å². The molecule has 1 fully saturated rings.